The lowest BCUT2D eigenvalue weighted by Crippen LogP contribution is -2.16. The fourth-order valence-corrected chi connectivity index (χ4v) is 4.21. The molecule has 0 saturated heterocycles. The van der Waals surface area contributed by atoms with Gasteiger partial charge in [-0.1, -0.05) is 49.6 Å². The van der Waals surface area contributed by atoms with Crippen LogP contribution in [-0.4, -0.2) is 11.1 Å². The summed E-state index contributed by atoms with van der Waals surface area (Å²) in [6, 6.07) is 10.5. The van der Waals surface area contributed by atoms with Crippen LogP contribution in [-0.2, 0) is 0 Å². The van der Waals surface area contributed by atoms with Crippen molar-refractivity contribution < 1.29 is 0 Å². The van der Waals surface area contributed by atoms with E-state index in [2.05, 4.69) is 24.3 Å². The lowest BCUT2D eigenvalue weighted by molar-refractivity contribution is 0.515. The van der Waals surface area contributed by atoms with Gasteiger partial charge in [-0.05, 0) is 18.4 Å². The molecular weight excluding hydrogens is 240 g/mol. The Morgan fingerprint density at radius 2 is 1.89 bits per heavy atom. The van der Waals surface area contributed by atoms with Crippen molar-refractivity contribution in [2.45, 2.75) is 49.0 Å². The monoisotopic (exact) mass is 262 g/mol. The van der Waals surface area contributed by atoms with Gasteiger partial charge < -0.3 is 5.73 Å². The molecular formula is C15H22N2S. The van der Waals surface area contributed by atoms with Crippen molar-refractivity contribution in [3.05, 3.63) is 35.9 Å². The van der Waals surface area contributed by atoms with Crippen molar-refractivity contribution in [2.75, 3.05) is 0 Å². The Kier molecular flexibility index (Phi) is 5.12. The first-order valence-corrected chi connectivity index (χ1v) is 7.73. The number of nitrogens with one attached hydrogen (secondary N) is 1. The smallest absolute Gasteiger partial charge is 0.0919 e. The van der Waals surface area contributed by atoms with E-state index in [1.54, 1.807) is 0 Å². The fourth-order valence-electron chi connectivity index (χ4n) is 2.55. The number of amidine groups is 1. The Labute approximate surface area is 114 Å². The number of hydrogen-bond acceptors (Lipinski definition) is 2. The predicted molar refractivity (Wildman–Crippen MR) is 80.2 cm³/mol. The predicted octanol–water partition coefficient (Wildman–Crippen LogP) is 4.12. The van der Waals surface area contributed by atoms with Crippen LogP contribution in [0.4, 0.5) is 0 Å². The molecule has 0 aromatic heterocycles. The van der Waals surface area contributed by atoms with E-state index in [4.69, 9.17) is 11.1 Å². The average molecular weight is 262 g/mol. The van der Waals surface area contributed by atoms with Crippen LogP contribution >= 0.6 is 11.8 Å². The molecule has 0 bridgehead atoms. The minimum absolute atomic E-state index is 0.298. The Morgan fingerprint density at radius 1 is 1.22 bits per heavy atom. The van der Waals surface area contributed by atoms with Gasteiger partial charge in [-0.2, -0.15) is 0 Å². The molecule has 2 nitrogen and oxygen atoms in total. The number of thioether (sulfide) groups is 1. The summed E-state index contributed by atoms with van der Waals surface area (Å²) in [6.07, 6.45) is 7.43. The highest BCUT2D eigenvalue weighted by Gasteiger charge is 2.21. The Hall–Kier alpha value is -0.960. The van der Waals surface area contributed by atoms with E-state index in [0.717, 1.165) is 5.25 Å². The average Bonchev–Trinajstić information content (AvgIpc) is 2.40. The third kappa shape index (κ3) is 4.05. The topological polar surface area (TPSA) is 49.9 Å². The molecule has 1 fully saturated rings. The summed E-state index contributed by atoms with van der Waals surface area (Å²) in [5, 5.41) is 8.66. The summed E-state index contributed by atoms with van der Waals surface area (Å²) in [6.45, 7) is 0. The molecule has 2 rings (SSSR count). The second-order valence-corrected chi connectivity index (χ2v) is 6.53. The highest BCUT2D eigenvalue weighted by atomic mass is 32.2. The van der Waals surface area contributed by atoms with Gasteiger partial charge in [-0.3, -0.25) is 5.41 Å². The van der Waals surface area contributed by atoms with Crippen molar-refractivity contribution >= 4 is 17.6 Å². The molecule has 1 aliphatic rings. The molecule has 0 spiro atoms. The van der Waals surface area contributed by atoms with Gasteiger partial charge in [0.2, 0.25) is 0 Å². The van der Waals surface area contributed by atoms with E-state index in [-0.39, 0.29) is 0 Å². The summed E-state index contributed by atoms with van der Waals surface area (Å²) >= 11 is 2.03. The van der Waals surface area contributed by atoms with Crippen LogP contribution < -0.4 is 5.73 Å². The molecule has 1 atom stereocenters. The zero-order valence-electron chi connectivity index (χ0n) is 10.8. The van der Waals surface area contributed by atoms with E-state index in [9.17, 15) is 0 Å². The molecule has 3 heteroatoms. The van der Waals surface area contributed by atoms with Crippen LogP contribution in [0.3, 0.4) is 0 Å². The number of benzene rings is 1. The summed E-state index contributed by atoms with van der Waals surface area (Å²) in [5.41, 5.74) is 6.91. The second kappa shape index (κ2) is 6.83. The molecule has 1 unspecified atom stereocenters. The Bertz CT molecular complexity index is 371. The standard InChI is InChI=1S/C15H22N2S/c16-15(17)11-14(12-7-3-1-4-8-12)18-13-9-5-2-6-10-13/h1,3-4,7-8,13-14H,2,5-6,9-11H2,(H3,16,17). The fraction of sp³-hybridized carbons (Fsp3) is 0.533. The van der Waals surface area contributed by atoms with E-state index in [0.29, 0.717) is 17.5 Å². The minimum atomic E-state index is 0.298. The molecule has 0 heterocycles. The summed E-state index contributed by atoms with van der Waals surface area (Å²) in [5.74, 6) is 0.298. The normalized spacial score (nSPS) is 18.4. The molecule has 98 valence electrons. The lowest BCUT2D eigenvalue weighted by atomic mass is 10.0. The minimum Gasteiger partial charge on any atom is -0.388 e. The molecule has 18 heavy (non-hydrogen) atoms. The lowest BCUT2D eigenvalue weighted by Gasteiger charge is -2.26. The van der Waals surface area contributed by atoms with Crippen LogP contribution in [0.1, 0.15) is 49.3 Å². The van der Waals surface area contributed by atoms with E-state index in [1.165, 1.54) is 37.7 Å². The van der Waals surface area contributed by atoms with Gasteiger partial charge in [0.05, 0.1) is 5.84 Å². The maximum absolute atomic E-state index is 7.56. The van der Waals surface area contributed by atoms with Gasteiger partial charge in [-0.15, -0.1) is 11.8 Å². The quantitative estimate of drug-likeness (QED) is 0.619. The summed E-state index contributed by atoms with van der Waals surface area (Å²) < 4.78 is 0. The maximum Gasteiger partial charge on any atom is 0.0919 e. The van der Waals surface area contributed by atoms with E-state index >= 15 is 0 Å². The summed E-state index contributed by atoms with van der Waals surface area (Å²) in [7, 11) is 0. The third-order valence-corrected chi connectivity index (χ3v) is 5.11. The van der Waals surface area contributed by atoms with Gasteiger partial charge in [0, 0.05) is 16.9 Å². The van der Waals surface area contributed by atoms with E-state index in [1.807, 2.05) is 17.8 Å². The van der Waals surface area contributed by atoms with Gasteiger partial charge >= 0.3 is 0 Å². The number of nitrogens with two attached hydrogens (primary N) is 1. The maximum atomic E-state index is 7.56. The molecule has 1 aromatic rings. The zero-order chi connectivity index (χ0) is 12.8. The first kappa shape index (κ1) is 13.5. The third-order valence-electron chi connectivity index (χ3n) is 3.49. The molecule has 1 saturated carbocycles. The second-order valence-electron chi connectivity index (χ2n) is 5.02. The van der Waals surface area contributed by atoms with E-state index < -0.39 is 0 Å². The van der Waals surface area contributed by atoms with Crippen molar-refractivity contribution in [3.63, 3.8) is 0 Å². The van der Waals surface area contributed by atoms with Crippen molar-refractivity contribution in [3.8, 4) is 0 Å². The zero-order valence-corrected chi connectivity index (χ0v) is 11.6. The van der Waals surface area contributed by atoms with Crippen LogP contribution in [0.15, 0.2) is 30.3 Å². The first-order chi connectivity index (χ1) is 8.75. The van der Waals surface area contributed by atoms with Crippen molar-refractivity contribution in [2.24, 2.45) is 5.73 Å². The van der Waals surface area contributed by atoms with Gasteiger partial charge in [0.15, 0.2) is 0 Å². The highest BCUT2D eigenvalue weighted by molar-refractivity contribution is 8.00. The summed E-state index contributed by atoms with van der Waals surface area (Å²) in [4.78, 5) is 0. The number of rotatable bonds is 5. The SMILES string of the molecule is N=C(N)CC(SC1CCCCC1)c1ccccc1. The van der Waals surface area contributed by atoms with Gasteiger partial charge in [0.1, 0.15) is 0 Å². The first-order valence-electron chi connectivity index (χ1n) is 6.79. The Balaban J connectivity index is 2.02. The molecule has 0 aliphatic heterocycles. The molecule has 3 N–H and O–H groups in total. The Morgan fingerprint density at radius 3 is 2.50 bits per heavy atom. The van der Waals surface area contributed by atoms with Crippen LogP contribution in [0, 0.1) is 5.41 Å². The van der Waals surface area contributed by atoms with Crippen molar-refractivity contribution in [1.29, 1.82) is 5.41 Å². The molecule has 1 aliphatic carbocycles. The van der Waals surface area contributed by atoms with Crippen LogP contribution in [0.5, 0.6) is 0 Å². The van der Waals surface area contributed by atoms with Gasteiger partial charge in [0.25, 0.3) is 0 Å². The molecule has 1 aromatic carbocycles. The number of hydrogen-bond donors (Lipinski definition) is 2. The molecule has 0 radical (unpaired) electrons. The largest absolute Gasteiger partial charge is 0.388 e. The molecule has 0 amide bonds. The van der Waals surface area contributed by atoms with Crippen LogP contribution in [0.2, 0.25) is 0 Å². The van der Waals surface area contributed by atoms with Gasteiger partial charge in [-0.25, -0.2) is 0 Å². The van der Waals surface area contributed by atoms with Crippen molar-refractivity contribution in [1.82, 2.24) is 0 Å². The van der Waals surface area contributed by atoms with Crippen LogP contribution in [0.25, 0.3) is 0 Å². The highest BCUT2D eigenvalue weighted by Crippen LogP contribution is 2.40.